The van der Waals surface area contributed by atoms with E-state index in [0.717, 1.165) is 28.1 Å². The quantitative estimate of drug-likeness (QED) is 0.392. The summed E-state index contributed by atoms with van der Waals surface area (Å²) in [5.41, 5.74) is 4.20. The van der Waals surface area contributed by atoms with Gasteiger partial charge in [-0.05, 0) is 27.1 Å². The van der Waals surface area contributed by atoms with Gasteiger partial charge in [-0.3, -0.25) is 0 Å². The number of nitrogens with one attached hydrogen (secondary N) is 1. The zero-order valence-electron chi connectivity index (χ0n) is 14.9. The van der Waals surface area contributed by atoms with E-state index < -0.39 is 0 Å². The van der Waals surface area contributed by atoms with Crippen LogP contribution in [0.4, 0.5) is 0 Å². The Morgan fingerprint density at radius 2 is 1.86 bits per heavy atom. The third-order valence-corrected chi connectivity index (χ3v) is 4.54. The Balaban J connectivity index is 1.59. The molecule has 2 heterocycles. The average molecular weight is 387 g/mol. The third-order valence-electron chi connectivity index (χ3n) is 4.35. The predicted molar refractivity (Wildman–Crippen MR) is 109 cm³/mol. The van der Waals surface area contributed by atoms with Crippen LogP contribution in [0.25, 0.3) is 22.5 Å². The average Bonchev–Trinajstić information content (AvgIpc) is 3.37. The highest BCUT2D eigenvalue weighted by Crippen LogP contribution is 2.29. The summed E-state index contributed by atoms with van der Waals surface area (Å²) in [5.74, 6) is 4.12. The van der Waals surface area contributed by atoms with Gasteiger partial charge in [0.05, 0.1) is 6.54 Å². The van der Waals surface area contributed by atoms with Crippen molar-refractivity contribution in [2.45, 2.75) is 24.5 Å². The highest BCUT2D eigenvalue weighted by Gasteiger charge is 2.11. The number of terminal acetylenes is 1. The molecule has 28 heavy (non-hydrogen) atoms. The second kappa shape index (κ2) is 8.06. The topological polar surface area (TPSA) is 85.2 Å². The lowest BCUT2D eigenvalue weighted by Gasteiger charge is -2.09. The van der Waals surface area contributed by atoms with Crippen molar-refractivity contribution in [2.75, 3.05) is 0 Å². The van der Waals surface area contributed by atoms with Gasteiger partial charge in [0.2, 0.25) is 5.16 Å². The summed E-state index contributed by atoms with van der Waals surface area (Å²) in [6.45, 7) is 0.613. The Labute approximate surface area is 167 Å². The molecule has 4 rings (SSSR count). The molecular weight excluding hydrogens is 370 g/mol. The molecule has 0 unspecified atom stereocenters. The maximum atomic E-state index is 5.36. The number of aryl methyl sites for hydroxylation is 1. The molecule has 0 saturated heterocycles. The zero-order valence-corrected chi connectivity index (χ0v) is 15.8. The molecule has 0 bridgehead atoms. The van der Waals surface area contributed by atoms with E-state index in [1.807, 2.05) is 22.9 Å². The molecule has 7 nitrogen and oxygen atoms in total. The summed E-state index contributed by atoms with van der Waals surface area (Å²) >= 11 is 4.25. The second-order valence-electron chi connectivity index (χ2n) is 6.18. The van der Waals surface area contributed by atoms with Gasteiger partial charge in [-0.2, -0.15) is 0 Å². The minimum atomic E-state index is 0.457. The first-order valence-corrected chi connectivity index (χ1v) is 9.18. The Hall–Kier alpha value is -3.44. The maximum absolute atomic E-state index is 5.36. The summed E-state index contributed by atoms with van der Waals surface area (Å²) in [7, 11) is 0. The van der Waals surface area contributed by atoms with E-state index in [2.05, 4.69) is 79.6 Å². The van der Waals surface area contributed by atoms with Crippen molar-refractivity contribution in [3.63, 3.8) is 0 Å². The molecule has 0 aliphatic heterocycles. The van der Waals surface area contributed by atoms with Crippen molar-refractivity contribution in [1.29, 1.82) is 0 Å². The number of H-pyrrole nitrogens is 1. The van der Waals surface area contributed by atoms with Crippen molar-refractivity contribution >= 4 is 12.6 Å². The SMILES string of the molecule is C#CCCc1nc(S)nn1Cc1ccc(-c2ccccc2-c2nnn[nH]2)cc1. The van der Waals surface area contributed by atoms with E-state index in [1.54, 1.807) is 0 Å². The summed E-state index contributed by atoms with van der Waals surface area (Å²) in [6, 6.07) is 16.3. The number of rotatable bonds is 6. The Morgan fingerprint density at radius 3 is 2.57 bits per heavy atom. The van der Waals surface area contributed by atoms with Crippen molar-refractivity contribution in [2.24, 2.45) is 0 Å². The molecule has 4 aromatic rings. The molecule has 0 radical (unpaired) electrons. The van der Waals surface area contributed by atoms with Crippen LogP contribution in [0, 0.1) is 12.3 Å². The van der Waals surface area contributed by atoms with Crippen LogP contribution in [0.15, 0.2) is 53.7 Å². The van der Waals surface area contributed by atoms with Gasteiger partial charge in [0.15, 0.2) is 5.82 Å². The van der Waals surface area contributed by atoms with Gasteiger partial charge in [0.25, 0.3) is 0 Å². The van der Waals surface area contributed by atoms with Gasteiger partial charge in [0.1, 0.15) is 5.82 Å². The molecule has 0 atom stereocenters. The fraction of sp³-hybridized carbons (Fsp3) is 0.150. The first-order chi connectivity index (χ1) is 13.7. The van der Waals surface area contributed by atoms with Gasteiger partial charge in [-0.25, -0.2) is 14.8 Å². The van der Waals surface area contributed by atoms with Crippen LogP contribution in [0.3, 0.4) is 0 Å². The van der Waals surface area contributed by atoms with Gasteiger partial charge >= 0.3 is 0 Å². The number of tetrazole rings is 1. The molecule has 0 spiro atoms. The van der Waals surface area contributed by atoms with E-state index in [4.69, 9.17) is 6.42 Å². The fourth-order valence-electron chi connectivity index (χ4n) is 3.03. The van der Waals surface area contributed by atoms with Crippen LogP contribution in [-0.4, -0.2) is 35.4 Å². The van der Waals surface area contributed by atoms with E-state index in [0.29, 0.717) is 30.4 Å². The van der Waals surface area contributed by atoms with Crippen LogP contribution < -0.4 is 0 Å². The van der Waals surface area contributed by atoms with Gasteiger partial charge in [-0.1, -0.05) is 48.5 Å². The first kappa shape index (κ1) is 17.9. The highest BCUT2D eigenvalue weighted by atomic mass is 32.1. The van der Waals surface area contributed by atoms with Gasteiger partial charge in [0, 0.05) is 18.4 Å². The van der Waals surface area contributed by atoms with E-state index in [-0.39, 0.29) is 0 Å². The first-order valence-electron chi connectivity index (χ1n) is 8.73. The molecular formula is C20H17N7S. The Bertz CT molecular complexity index is 1110. The monoisotopic (exact) mass is 387 g/mol. The number of hydrogen-bond donors (Lipinski definition) is 2. The maximum Gasteiger partial charge on any atom is 0.205 e. The Kier molecular flexibility index (Phi) is 5.17. The molecule has 138 valence electrons. The molecule has 0 aliphatic carbocycles. The van der Waals surface area contributed by atoms with E-state index in [1.165, 1.54) is 0 Å². The summed E-state index contributed by atoms with van der Waals surface area (Å²) in [5, 5.41) is 19.0. The van der Waals surface area contributed by atoms with Crippen molar-refractivity contribution in [3.8, 4) is 34.9 Å². The van der Waals surface area contributed by atoms with Crippen LogP contribution in [-0.2, 0) is 13.0 Å². The number of aromatic amines is 1. The van der Waals surface area contributed by atoms with Gasteiger partial charge < -0.3 is 0 Å². The van der Waals surface area contributed by atoms with E-state index >= 15 is 0 Å². The number of hydrogen-bond acceptors (Lipinski definition) is 6. The standard InChI is InChI=1S/C20H17N7S/c1-2-3-8-18-21-20(28)24-27(18)13-14-9-11-15(12-10-14)16-6-4-5-7-17(16)19-22-25-26-23-19/h1,4-7,9-12H,3,8,13H2,(H,24,28)(H,22,23,25,26). The highest BCUT2D eigenvalue weighted by molar-refractivity contribution is 7.80. The molecule has 0 fully saturated rings. The smallest absolute Gasteiger partial charge is 0.205 e. The lowest BCUT2D eigenvalue weighted by Crippen LogP contribution is -2.07. The summed E-state index contributed by atoms with van der Waals surface area (Å²) in [4.78, 5) is 4.35. The van der Waals surface area contributed by atoms with Gasteiger partial charge in [-0.15, -0.1) is 35.2 Å². The molecule has 8 heteroatoms. The molecule has 2 aromatic heterocycles. The minimum Gasteiger partial charge on any atom is -0.244 e. The number of thiol groups is 1. The molecule has 2 aromatic carbocycles. The van der Waals surface area contributed by atoms with Crippen LogP contribution >= 0.6 is 12.6 Å². The predicted octanol–water partition coefficient (Wildman–Crippen LogP) is 3.03. The van der Waals surface area contributed by atoms with Crippen molar-refractivity contribution < 1.29 is 0 Å². The molecule has 0 aliphatic rings. The number of benzene rings is 2. The zero-order chi connectivity index (χ0) is 19.3. The lowest BCUT2D eigenvalue weighted by molar-refractivity contribution is 0.628. The molecule has 0 saturated carbocycles. The van der Waals surface area contributed by atoms with Crippen LogP contribution in [0.5, 0.6) is 0 Å². The molecule has 0 amide bonds. The summed E-state index contributed by atoms with van der Waals surface area (Å²) < 4.78 is 1.85. The number of nitrogens with zero attached hydrogens (tertiary/aromatic N) is 6. The van der Waals surface area contributed by atoms with Crippen LogP contribution in [0.2, 0.25) is 0 Å². The minimum absolute atomic E-state index is 0.457. The third kappa shape index (κ3) is 3.80. The molecule has 1 N–H and O–H groups in total. The van der Waals surface area contributed by atoms with Crippen molar-refractivity contribution in [1.82, 2.24) is 35.4 Å². The van der Waals surface area contributed by atoms with Crippen molar-refractivity contribution in [3.05, 3.63) is 59.9 Å². The normalized spacial score (nSPS) is 10.7. The lowest BCUT2D eigenvalue weighted by atomic mass is 9.98. The van der Waals surface area contributed by atoms with Crippen LogP contribution in [0.1, 0.15) is 17.8 Å². The number of aromatic nitrogens is 7. The Morgan fingerprint density at radius 1 is 1.07 bits per heavy atom. The van der Waals surface area contributed by atoms with E-state index in [9.17, 15) is 0 Å². The second-order valence-corrected chi connectivity index (χ2v) is 6.58. The fourth-order valence-corrected chi connectivity index (χ4v) is 3.26. The largest absolute Gasteiger partial charge is 0.244 e. The summed E-state index contributed by atoms with van der Waals surface area (Å²) in [6.07, 6.45) is 6.67.